The van der Waals surface area contributed by atoms with Gasteiger partial charge in [-0.15, -0.1) is 11.6 Å². The summed E-state index contributed by atoms with van der Waals surface area (Å²) in [6, 6.07) is 1.48. The number of H-pyrrole nitrogens is 1. The highest BCUT2D eigenvalue weighted by atomic mass is 35.5. The normalized spacial score (nSPS) is 12.8. The fourth-order valence-electron chi connectivity index (χ4n) is 0.886. The van der Waals surface area contributed by atoms with Gasteiger partial charge in [0.15, 0.2) is 5.16 Å². The van der Waals surface area contributed by atoms with Gasteiger partial charge in [0.1, 0.15) is 0 Å². The molecule has 0 aliphatic heterocycles. The maximum absolute atomic E-state index is 11.1. The lowest BCUT2D eigenvalue weighted by molar-refractivity contribution is 0.755. The number of aromatic amines is 1. The second-order valence-corrected chi connectivity index (χ2v) is 4.58. The Hall–Kier alpha value is -0.480. The third-order valence-corrected chi connectivity index (χ3v) is 3.35. The van der Waals surface area contributed by atoms with Crippen molar-refractivity contribution in [1.29, 1.82) is 0 Å². The zero-order chi connectivity index (χ0) is 10.6. The summed E-state index contributed by atoms with van der Waals surface area (Å²) < 4.78 is 0. The van der Waals surface area contributed by atoms with Gasteiger partial charge in [0.25, 0.3) is 5.56 Å². The lowest BCUT2D eigenvalue weighted by atomic mass is 10.3. The number of aromatic nitrogens is 2. The Kier molecular flexibility index (Phi) is 4.48. The molecule has 0 aromatic carbocycles. The molecule has 0 radical (unpaired) electrons. The Labute approximate surface area is 92.3 Å². The Morgan fingerprint density at radius 2 is 2.43 bits per heavy atom. The molecule has 5 heteroatoms. The van der Waals surface area contributed by atoms with Crippen molar-refractivity contribution >= 4 is 23.4 Å². The summed E-state index contributed by atoms with van der Waals surface area (Å²) in [7, 11) is 0. The van der Waals surface area contributed by atoms with Gasteiger partial charge in [-0.05, 0) is 12.8 Å². The van der Waals surface area contributed by atoms with Gasteiger partial charge in [-0.25, -0.2) is 4.98 Å². The Balaban J connectivity index is 2.63. The Morgan fingerprint density at radius 3 is 3.00 bits per heavy atom. The van der Waals surface area contributed by atoms with Gasteiger partial charge in [0, 0.05) is 23.4 Å². The van der Waals surface area contributed by atoms with Crippen LogP contribution in [0.15, 0.2) is 16.0 Å². The van der Waals surface area contributed by atoms with Gasteiger partial charge in [-0.1, -0.05) is 18.7 Å². The third-order valence-electron chi connectivity index (χ3n) is 1.62. The first kappa shape index (κ1) is 11.6. The molecule has 0 saturated heterocycles. The topological polar surface area (TPSA) is 45.8 Å². The van der Waals surface area contributed by atoms with Crippen LogP contribution >= 0.6 is 23.4 Å². The minimum Gasteiger partial charge on any atom is -0.301 e. The zero-order valence-corrected chi connectivity index (χ0v) is 9.78. The predicted octanol–water partition coefficient (Wildman–Crippen LogP) is 2.05. The molecule has 0 fully saturated rings. The highest BCUT2D eigenvalue weighted by molar-refractivity contribution is 7.99. The van der Waals surface area contributed by atoms with E-state index in [2.05, 4.69) is 16.9 Å². The van der Waals surface area contributed by atoms with Crippen LogP contribution in [0.4, 0.5) is 0 Å². The smallest absolute Gasteiger partial charge is 0.251 e. The van der Waals surface area contributed by atoms with Crippen molar-refractivity contribution in [2.45, 2.75) is 19.0 Å². The van der Waals surface area contributed by atoms with Gasteiger partial charge < -0.3 is 4.98 Å². The predicted molar refractivity (Wildman–Crippen MR) is 60.2 cm³/mol. The summed E-state index contributed by atoms with van der Waals surface area (Å²) in [6.45, 7) is 3.87. The number of nitrogens with zero attached hydrogens (tertiary/aromatic N) is 1. The fraction of sp³-hybridized carbons (Fsp3) is 0.556. The van der Waals surface area contributed by atoms with E-state index in [1.807, 2.05) is 6.92 Å². The summed E-state index contributed by atoms with van der Waals surface area (Å²) in [5.41, 5.74) is 0.647. The van der Waals surface area contributed by atoms with Crippen molar-refractivity contribution < 1.29 is 0 Å². The summed E-state index contributed by atoms with van der Waals surface area (Å²) in [4.78, 5) is 18.0. The van der Waals surface area contributed by atoms with Crippen LogP contribution in [-0.2, 0) is 0 Å². The van der Waals surface area contributed by atoms with Crippen LogP contribution in [0.1, 0.15) is 12.6 Å². The van der Waals surface area contributed by atoms with E-state index in [1.165, 1.54) is 17.8 Å². The van der Waals surface area contributed by atoms with E-state index in [0.717, 1.165) is 11.4 Å². The van der Waals surface area contributed by atoms with Gasteiger partial charge in [-0.2, -0.15) is 0 Å². The van der Waals surface area contributed by atoms with E-state index in [0.29, 0.717) is 17.0 Å². The molecule has 0 bridgehead atoms. The van der Waals surface area contributed by atoms with Crippen molar-refractivity contribution in [2.75, 3.05) is 11.6 Å². The molecule has 1 rings (SSSR count). The van der Waals surface area contributed by atoms with Gasteiger partial charge in [0.05, 0.1) is 0 Å². The third kappa shape index (κ3) is 3.72. The van der Waals surface area contributed by atoms with Crippen LogP contribution in [0.25, 0.3) is 0 Å². The van der Waals surface area contributed by atoms with E-state index >= 15 is 0 Å². The lowest BCUT2D eigenvalue weighted by Crippen LogP contribution is -2.09. The molecule has 3 nitrogen and oxygen atoms in total. The second-order valence-electron chi connectivity index (χ2n) is 3.26. The molecule has 0 saturated carbocycles. The molecule has 0 aliphatic rings. The van der Waals surface area contributed by atoms with Crippen LogP contribution in [-0.4, -0.2) is 21.6 Å². The standard InChI is InChI=1S/C9H13ClN2OS/c1-6(4-10)5-14-9-11-7(2)3-8(13)12-9/h3,6H,4-5H2,1-2H3,(H,11,12,13). The zero-order valence-electron chi connectivity index (χ0n) is 8.21. The van der Waals surface area contributed by atoms with E-state index in [1.54, 1.807) is 0 Å². The van der Waals surface area contributed by atoms with Crippen molar-refractivity contribution in [3.05, 3.63) is 22.1 Å². The van der Waals surface area contributed by atoms with Crippen LogP contribution in [0.5, 0.6) is 0 Å². The van der Waals surface area contributed by atoms with E-state index < -0.39 is 0 Å². The summed E-state index contributed by atoms with van der Waals surface area (Å²) in [6.07, 6.45) is 0. The molecule has 1 N–H and O–H groups in total. The molecule has 1 atom stereocenters. The van der Waals surface area contributed by atoms with Crippen LogP contribution in [0.3, 0.4) is 0 Å². The van der Waals surface area contributed by atoms with Crippen LogP contribution in [0.2, 0.25) is 0 Å². The van der Waals surface area contributed by atoms with Gasteiger partial charge in [-0.3, -0.25) is 4.79 Å². The summed E-state index contributed by atoms with van der Waals surface area (Å²) >= 11 is 7.21. The molecule has 0 aliphatic carbocycles. The highest BCUT2D eigenvalue weighted by Gasteiger charge is 2.03. The first-order valence-corrected chi connectivity index (χ1v) is 5.90. The minimum absolute atomic E-state index is 0.0986. The highest BCUT2D eigenvalue weighted by Crippen LogP contribution is 2.16. The monoisotopic (exact) mass is 232 g/mol. The average Bonchev–Trinajstić information content (AvgIpc) is 2.12. The Bertz CT molecular complexity index is 353. The number of hydrogen-bond acceptors (Lipinski definition) is 3. The Morgan fingerprint density at radius 1 is 1.71 bits per heavy atom. The summed E-state index contributed by atoms with van der Waals surface area (Å²) in [5.74, 6) is 1.92. The number of aryl methyl sites for hydroxylation is 1. The molecule has 0 spiro atoms. The number of halogens is 1. The van der Waals surface area contributed by atoms with E-state index in [4.69, 9.17) is 11.6 Å². The molecule has 0 amide bonds. The lowest BCUT2D eigenvalue weighted by Gasteiger charge is -2.05. The van der Waals surface area contributed by atoms with Crippen LogP contribution in [0, 0.1) is 12.8 Å². The maximum atomic E-state index is 11.1. The molecule has 78 valence electrons. The number of rotatable bonds is 4. The average molecular weight is 233 g/mol. The minimum atomic E-state index is -0.0986. The number of nitrogens with one attached hydrogen (secondary N) is 1. The summed E-state index contributed by atoms with van der Waals surface area (Å²) in [5, 5.41) is 0.673. The van der Waals surface area contributed by atoms with Gasteiger partial charge in [0.2, 0.25) is 0 Å². The molecular weight excluding hydrogens is 220 g/mol. The molecular formula is C9H13ClN2OS. The van der Waals surface area contributed by atoms with Crippen molar-refractivity contribution in [2.24, 2.45) is 5.92 Å². The fourth-order valence-corrected chi connectivity index (χ4v) is 2.07. The quantitative estimate of drug-likeness (QED) is 0.491. The number of thioether (sulfide) groups is 1. The maximum Gasteiger partial charge on any atom is 0.251 e. The van der Waals surface area contributed by atoms with E-state index in [-0.39, 0.29) is 5.56 Å². The molecule has 1 unspecified atom stereocenters. The number of alkyl halides is 1. The molecule has 1 aromatic rings. The first-order valence-electron chi connectivity index (χ1n) is 4.38. The van der Waals surface area contributed by atoms with E-state index in [9.17, 15) is 4.79 Å². The van der Waals surface area contributed by atoms with Crippen LogP contribution < -0.4 is 5.56 Å². The molecule has 1 heterocycles. The molecule has 1 aromatic heterocycles. The van der Waals surface area contributed by atoms with Crippen molar-refractivity contribution in [1.82, 2.24) is 9.97 Å². The SMILES string of the molecule is Cc1cc(=O)[nH]c(SCC(C)CCl)n1. The second kappa shape index (κ2) is 5.41. The largest absolute Gasteiger partial charge is 0.301 e. The number of hydrogen-bond donors (Lipinski definition) is 1. The van der Waals surface area contributed by atoms with Crippen molar-refractivity contribution in [3.63, 3.8) is 0 Å². The van der Waals surface area contributed by atoms with Crippen molar-refractivity contribution in [3.8, 4) is 0 Å². The molecule has 14 heavy (non-hydrogen) atoms. The first-order chi connectivity index (χ1) is 6.61. The van der Waals surface area contributed by atoms with Gasteiger partial charge >= 0.3 is 0 Å².